The van der Waals surface area contributed by atoms with Crippen LogP contribution in [0.15, 0.2) is 22.7 Å². The average molecular weight is 282 g/mol. The lowest BCUT2D eigenvalue weighted by atomic mass is 10.1. The topological polar surface area (TPSA) is 63.8 Å². The van der Waals surface area contributed by atoms with Gasteiger partial charge in [-0.2, -0.15) is 4.98 Å². The highest BCUT2D eigenvalue weighted by Gasteiger charge is 2.15. The van der Waals surface area contributed by atoms with Crippen LogP contribution in [0.5, 0.6) is 0 Å². The number of fused-ring (bicyclic) bond motifs is 1. The SMILES string of the molecule is CCc1noc2nc(C)nc(Nc3ccc(C)cc3C)c12. The first kappa shape index (κ1) is 13.5. The second kappa shape index (κ2) is 5.16. The lowest BCUT2D eigenvalue weighted by Gasteiger charge is -2.11. The van der Waals surface area contributed by atoms with Crippen molar-refractivity contribution in [3.63, 3.8) is 0 Å². The summed E-state index contributed by atoms with van der Waals surface area (Å²) in [6, 6.07) is 6.28. The molecular weight excluding hydrogens is 264 g/mol. The highest BCUT2D eigenvalue weighted by molar-refractivity contribution is 5.90. The Labute approximate surface area is 123 Å². The molecule has 5 heteroatoms. The van der Waals surface area contributed by atoms with E-state index in [0.717, 1.165) is 29.0 Å². The Morgan fingerprint density at radius 1 is 1.14 bits per heavy atom. The van der Waals surface area contributed by atoms with Crippen LogP contribution in [0.1, 0.15) is 29.6 Å². The normalized spacial score (nSPS) is 11.0. The molecule has 108 valence electrons. The molecule has 3 rings (SSSR count). The smallest absolute Gasteiger partial charge is 0.263 e. The summed E-state index contributed by atoms with van der Waals surface area (Å²) in [7, 11) is 0. The monoisotopic (exact) mass is 282 g/mol. The van der Waals surface area contributed by atoms with Crippen molar-refractivity contribution in [2.45, 2.75) is 34.1 Å². The minimum atomic E-state index is 0.534. The van der Waals surface area contributed by atoms with Gasteiger partial charge in [-0.1, -0.05) is 29.8 Å². The average Bonchev–Trinajstić information content (AvgIpc) is 2.84. The van der Waals surface area contributed by atoms with Crippen LogP contribution in [-0.4, -0.2) is 15.1 Å². The Kier molecular flexibility index (Phi) is 3.33. The zero-order valence-corrected chi connectivity index (χ0v) is 12.7. The van der Waals surface area contributed by atoms with E-state index in [0.29, 0.717) is 11.5 Å². The van der Waals surface area contributed by atoms with Crippen LogP contribution in [-0.2, 0) is 6.42 Å². The number of nitrogens with zero attached hydrogens (tertiary/aromatic N) is 3. The van der Waals surface area contributed by atoms with E-state index < -0.39 is 0 Å². The quantitative estimate of drug-likeness (QED) is 0.790. The van der Waals surface area contributed by atoms with E-state index in [-0.39, 0.29) is 0 Å². The van der Waals surface area contributed by atoms with Gasteiger partial charge in [-0.05, 0) is 38.8 Å². The summed E-state index contributed by atoms with van der Waals surface area (Å²) in [5.74, 6) is 1.41. The van der Waals surface area contributed by atoms with E-state index in [1.807, 2.05) is 13.8 Å². The minimum absolute atomic E-state index is 0.534. The van der Waals surface area contributed by atoms with Crippen molar-refractivity contribution in [3.05, 3.63) is 40.8 Å². The van der Waals surface area contributed by atoms with Gasteiger partial charge in [-0.15, -0.1) is 0 Å². The molecule has 0 unspecified atom stereocenters. The number of hydrogen-bond acceptors (Lipinski definition) is 5. The maximum atomic E-state index is 5.31. The zero-order valence-electron chi connectivity index (χ0n) is 12.7. The highest BCUT2D eigenvalue weighted by atomic mass is 16.5. The molecule has 0 aliphatic heterocycles. The molecule has 0 fully saturated rings. The predicted octanol–water partition coefficient (Wildman–Crippen LogP) is 3.85. The van der Waals surface area contributed by atoms with Crippen LogP contribution in [0.25, 0.3) is 11.1 Å². The fourth-order valence-corrected chi connectivity index (χ4v) is 2.43. The molecule has 0 aliphatic carbocycles. The van der Waals surface area contributed by atoms with Gasteiger partial charge in [0.25, 0.3) is 5.71 Å². The number of anilines is 2. The predicted molar refractivity (Wildman–Crippen MR) is 82.9 cm³/mol. The van der Waals surface area contributed by atoms with E-state index >= 15 is 0 Å². The zero-order chi connectivity index (χ0) is 15.0. The largest absolute Gasteiger partial charge is 0.339 e. The Hall–Kier alpha value is -2.43. The molecule has 2 heterocycles. The van der Waals surface area contributed by atoms with Crippen LogP contribution in [0, 0.1) is 20.8 Å². The standard InChI is InChI=1S/C16H18N4O/c1-5-12-14-15(17-11(4)18-16(14)21-20-12)19-13-7-6-9(2)8-10(13)3/h6-8H,5H2,1-4H3,(H,17,18,19). The van der Waals surface area contributed by atoms with Crippen molar-refractivity contribution in [2.75, 3.05) is 5.32 Å². The van der Waals surface area contributed by atoms with Crippen LogP contribution in [0.2, 0.25) is 0 Å². The fraction of sp³-hybridized carbons (Fsp3) is 0.312. The molecule has 0 aliphatic rings. The third kappa shape index (κ3) is 2.46. The van der Waals surface area contributed by atoms with E-state index in [4.69, 9.17) is 4.52 Å². The Bertz CT molecular complexity index is 807. The molecule has 0 bridgehead atoms. The van der Waals surface area contributed by atoms with Crippen molar-refractivity contribution in [1.82, 2.24) is 15.1 Å². The third-order valence-electron chi connectivity index (χ3n) is 3.49. The summed E-state index contributed by atoms with van der Waals surface area (Å²) >= 11 is 0. The van der Waals surface area contributed by atoms with E-state index in [1.165, 1.54) is 11.1 Å². The summed E-state index contributed by atoms with van der Waals surface area (Å²) in [4.78, 5) is 8.82. The molecule has 0 atom stereocenters. The van der Waals surface area contributed by atoms with E-state index in [9.17, 15) is 0 Å². The van der Waals surface area contributed by atoms with Gasteiger partial charge in [0.2, 0.25) is 0 Å². The van der Waals surface area contributed by atoms with Gasteiger partial charge in [0, 0.05) is 5.69 Å². The van der Waals surface area contributed by atoms with Crippen LogP contribution in [0.3, 0.4) is 0 Å². The van der Waals surface area contributed by atoms with Crippen molar-refractivity contribution in [2.24, 2.45) is 0 Å². The molecule has 0 amide bonds. The molecule has 0 saturated carbocycles. The Balaban J connectivity index is 2.13. The molecule has 0 spiro atoms. The second-order valence-electron chi connectivity index (χ2n) is 5.23. The van der Waals surface area contributed by atoms with E-state index in [1.54, 1.807) is 0 Å². The highest BCUT2D eigenvalue weighted by Crippen LogP contribution is 2.28. The van der Waals surface area contributed by atoms with Gasteiger partial charge in [0.15, 0.2) is 0 Å². The number of nitrogens with one attached hydrogen (secondary N) is 1. The van der Waals surface area contributed by atoms with E-state index in [2.05, 4.69) is 52.5 Å². The minimum Gasteiger partial charge on any atom is -0.339 e. The second-order valence-corrected chi connectivity index (χ2v) is 5.23. The number of hydrogen-bond donors (Lipinski definition) is 1. The number of aromatic nitrogens is 3. The van der Waals surface area contributed by atoms with Crippen LogP contribution < -0.4 is 5.32 Å². The van der Waals surface area contributed by atoms with Crippen LogP contribution >= 0.6 is 0 Å². The summed E-state index contributed by atoms with van der Waals surface area (Å²) in [6.07, 6.45) is 0.779. The van der Waals surface area contributed by atoms with Crippen molar-refractivity contribution < 1.29 is 4.52 Å². The van der Waals surface area contributed by atoms with Gasteiger partial charge < -0.3 is 9.84 Å². The molecule has 0 saturated heterocycles. The summed E-state index contributed by atoms with van der Waals surface area (Å²) < 4.78 is 5.31. The molecular formula is C16H18N4O. The van der Waals surface area contributed by atoms with Crippen molar-refractivity contribution in [3.8, 4) is 0 Å². The third-order valence-corrected chi connectivity index (χ3v) is 3.49. The lowest BCUT2D eigenvalue weighted by Crippen LogP contribution is -2.00. The van der Waals surface area contributed by atoms with Gasteiger partial charge in [0.05, 0.1) is 5.69 Å². The molecule has 1 N–H and O–H groups in total. The summed E-state index contributed by atoms with van der Waals surface area (Å²) in [5.41, 5.74) is 4.85. The van der Waals surface area contributed by atoms with Crippen molar-refractivity contribution in [1.29, 1.82) is 0 Å². The molecule has 1 aromatic carbocycles. The molecule has 21 heavy (non-hydrogen) atoms. The summed E-state index contributed by atoms with van der Waals surface area (Å²) in [5, 5.41) is 8.33. The fourth-order valence-electron chi connectivity index (χ4n) is 2.43. The lowest BCUT2D eigenvalue weighted by molar-refractivity contribution is 0.439. The first-order valence-electron chi connectivity index (χ1n) is 7.05. The Morgan fingerprint density at radius 2 is 1.95 bits per heavy atom. The maximum absolute atomic E-state index is 5.31. The van der Waals surface area contributed by atoms with Gasteiger partial charge in [-0.25, -0.2) is 4.98 Å². The van der Waals surface area contributed by atoms with Gasteiger partial charge >= 0.3 is 0 Å². The van der Waals surface area contributed by atoms with Crippen LogP contribution in [0.4, 0.5) is 11.5 Å². The van der Waals surface area contributed by atoms with Gasteiger partial charge in [-0.3, -0.25) is 0 Å². The molecule has 5 nitrogen and oxygen atoms in total. The number of rotatable bonds is 3. The van der Waals surface area contributed by atoms with Crippen molar-refractivity contribution >= 4 is 22.6 Å². The summed E-state index contributed by atoms with van der Waals surface area (Å²) in [6.45, 7) is 8.05. The first-order valence-corrected chi connectivity index (χ1v) is 7.05. The molecule has 2 aromatic heterocycles. The molecule has 0 radical (unpaired) electrons. The Morgan fingerprint density at radius 3 is 2.67 bits per heavy atom. The maximum Gasteiger partial charge on any atom is 0.263 e. The first-order chi connectivity index (χ1) is 10.1. The van der Waals surface area contributed by atoms with Gasteiger partial charge in [0.1, 0.15) is 17.0 Å². The molecule has 3 aromatic rings. The number of benzene rings is 1. The number of aryl methyl sites for hydroxylation is 4.